The third-order valence-electron chi connectivity index (χ3n) is 8.63. The number of halogens is 3. The molecule has 2 saturated heterocycles. The number of carbonyl (C=O) groups is 1. The number of nitrogens with one attached hydrogen (secondary N) is 1. The van der Waals surface area contributed by atoms with E-state index >= 15 is 0 Å². The van der Waals surface area contributed by atoms with Gasteiger partial charge >= 0.3 is 6.18 Å². The van der Waals surface area contributed by atoms with Gasteiger partial charge in [0.1, 0.15) is 11.9 Å². The van der Waals surface area contributed by atoms with Crippen molar-refractivity contribution in [3.8, 4) is 11.8 Å². The van der Waals surface area contributed by atoms with Crippen LogP contribution in [-0.4, -0.2) is 54.1 Å². The second kappa shape index (κ2) is 13.2. The Morgan fingerprint density at radius 2 is 1.64 bits per heavy atom. The van der Waals surface area contributed by atoms with E-state index in [1.165, 1.54) is 17.7 Å². The van der Waals surface area contributed by atoms with E-state index in [1.807, 2.05) is 48.5 Å². The lowest BCUT2D eigenvalue weighted by Gasteiger charge is -2.34. The van der Waals surface area contributed by atoms with Gasteiger partial charge in [0.2, 0.25) is 0 Å². The molecule has 3 aromatic carbocycles. The van der Waals surface area contributed by atoms with Gasteiger partial charge in [0.15, 0.2) is 0 Å². The first-order valence-electron chi connectivity index (χ1n) is 15.2. The predicted octanol–water partition coefficient (Wildman–Crippen LogP) is 6.57. The molecule has 0 unspecified atom stereocenters. The maximum absolute atomic E-state index is 13.1. The van der Waals surface area contributed by atoms with Crippen LogP contribution >= 0.6 is 0 Å². The Bertz CT molecular complexity index is 1670. The van der Waals surface area contributed by atoms with Gasteiger partial charge in [-0.3, -0.25) is 14.7 Å². The van der Waals surface area contributed by atoms with Crippen LogP contribution in [0.3, 0.4) is 0 Å². The molecule has 10 heteroatoms. The molecule has 2 aliphatic rings. The second-order valence-electron chi connectivity index (χ2n) is 11.8. The number of amides is 1. The normalized spacial score (nSPS) is 16.8. The average molecular weight is 614 g/mol. The first kappa shape index (κ1) is 30.4. The molecule has 6 rings (SSSR count). The molecule has 7 nitrogen and oxygen atoms in total. The summed E-state index contributed by atoms with van der Waals surface area (Å²) in [5.74, 6) is 0.557. The van der Waals surface area contributed by atoms with Crippen LogP contribution in [-0.2, 0) is 12.7 Å². The number of piperidine rings is 2. The van der Waals surface area contributed by atoms with E-state index in [0.717, 1.165) is 74.0 Å². The summed E-state index contributed by atoms with van der Waals surface area (Å²) in [6, 6.07) is 22.7. The maximum Gasteiger partial charge on any atom is 0.416 e. The highest BCUT2D eigenvalue weighted by Crippen LogP contribution is 2.32. The van der Waals surface area contributed by atoms with Crippen LogP contribution in [0.4, 0.5) is 18.9 Å². The van der Waals surface area contributed by atoms with Crippen LogP contribution in [0.25, 0.3) is 10.9 Å². The van der Waals surface area contributed by atoms with Crippen molar-refractivity contribution in [1.29, 1.82) is 5.26 Å². The van der Waals surface area contributed by atoms with E-state index in [-0.39, 0.29) is 18.1 Å². The van der Waals surface area contributed by atoms with Gasteiger partial charge in [-0.25, -0.2) is 0 Å². The van der Waals surface area contributed by atoms with Crippen molar-refractivity contribution in [2.75, 3.05) is 31.1 Å². The first-order valence-corrected chi connectivity index (χ1v) is 15.2. The van der Waals surface area contributed by atoms with E-state index in [4.69, 9.17) is 10.00 Å². The largest absolute Gasteiger partial charge is 0.490 e. The lowest BCUT2D eigenvalue weighted by Crippen LogP contribution is -2.44. The first-order chi connectivity index (χ1) is 21.7. The molecular formula is C35H34F3N5O2. The number of ether oxygens (including phenoxy) is 1. The number of fused-ring (bicyclic) bond motifs is 1. The van der Waals surface area contributed by atoms with Crippen LogP contribution < -0.4 is 15.0 Å². The summed E-state index contributed by atoms with van der Waals surface area (Å²) >= 11 is 0. The van der Waals surface area contributed by atoms with Crippen LogP contribution in [0.1, 0.15) is 52.7 Å². The minimum atomic E-state index is -4.34. The van der Waals surface area contributed by atoms with Crippen molar-refractivity contribution in [2.45, 2.75) is 50.6 Å². The van der Waals surface area contributed by atoms with E-state index in [1.54, 1.807) is 6.20 Å². The fourth-order valence-electron chi connectivity index (χ4n) is 6.04. The Morgan fingerprint density at radius 3 is 2.31 bits per heavy atom. The number of carbonyl (C=O) groups excluding carboxylic acids is 1. The van der Waals surface area contributed by atoms with Crippen molar-refractivity contribution in [1.82, 2.24) is 15.2 Å². The highest BCUT2D eigenvalue weighted by Gasteiger charge is 2.30. The number of rotatable bonds is 7. The molecule has 3 heterocycles. The molecule has 1 N–H and O–H groups in total. The van der Waals surface area contributed by atoms with Crippen molar-refractivity contribution in [3.05, 3.63) is 101 Å². The molecule has 2 fully saturated rings. The molecule has 45 heavy (non-hydrogen) atoms. The second-order valence-corrected chi connectivity index (χ2v) is 11.8. The SMILES string of the molecule is N#Cc1ccc(CN2CCC(NC(=O)c3cnc4ccc(OC5CCN(c6ccc(C(F)(F)F)cc6)CC5)cc4c3)CC2)cc1. The highest BCUT2D eigenvalue weighted by molar-refractivity contribution is 5.97. The Morgan fingerprint density at radius 1 is 0.933 bits per heavy atom. The van der Waals surface area contributed by atoms with Gasteiger partial charge in [-0.1, -0.05) is 12.1 Å². The summed E-state index contributed by atoms with van der Waals surface area (Å²) in [6.07, 6.45) is 0.451. The number of alkyl halides is 3. The van der Waals surface area contributed by atoms with Gasteiger partial charge in [-0.15, -0.1) is 0 Å². The molecule has 1 aromatic heterocycles. The summed E-state index contributed by atoms with van der Waals surface area (Å²) in [7, 11) is 0. The number of hydrogen-bond donors (Lipinski definition) is 1. The lowest BCUT2D eigenvalue weighted by atomic mass is 10.0. The summed E-state index contributed by atoms with van der Waals surface area (Å²) < 4.78 is 45.0. The molecule has 1 amide bonds. The van der Waals surface area contributed by atoms with Crippen LogP contribution in [0, 0.1) is 11.3 Å². The Labute approximate surface area is 260 Å². The zero-order valence-corrected chi connectivity index (χ0v) is 24.8. The van der Waals surface area contributed by atoms with Crippen molar-refractivity contribution in [3.63, 3.8) is 0 Å². The fraction of sp³-hybridized carbons (Fsp3) is 0.343. The van der Waals surface area contributed by atoms with Gasteiger partial charge in [0.25, 0.3) is 5.91 Å². The van der Waals surface area contributed by atoms with Gasteiger partial charge < -0.3 is 15.0 Å². The standard InChI is InChI=1S/C35H34F3N5O2/c36-35(37,38)28-5-7-30(8-6-28)43-17-13-31(14-18-43)45-32-9-10-33-26(20-32)19-27(22-40-33)34(44)41-29-11-15-42(16-12-29)23-25-3-1-24(21-39)2-4-25/h1-10,19-20,22,29,31H,11-18,23H2,(H,41,44). The molecule has 0 atom stereocenters. The van der Waals surface area contributed by atoms with Gasteiger partial charge in [-0.2, -0.15) is 18.4 Å². The average Bonchev–Trinajstić information content (AvgIpc) is 3.06. The number of hydrogen-bond acceptors (Lipinski definition) is 6. The molecule has 4 aromatic rings. The molecule has 0 spiro atoms. The summed E-state index contributed by atoms with van der Waals surface area (Å²) in [5.41, 5.74) is 3.23. The van der Waals surface area contributed by atoms with Crippen molar-refractivity contribution >= 4 is 22.5 Å². The van der Waals surface area contributed by atoms with E-state index in [9.17, 15) is 18.0 Å². The molecular weight excluding hydrogens is 579 g/mol. The molecule has 0 radical (unpaired) electrons. The molecule has 0 bridgehead atoms. The van der Waals surface area contributed by atoms with E-state index in [2.05, 4.69) is 26.2 Å². The third-order valence-corrected chi connectivity index (χ3v) is 8.63. The lowest BCUT2D eigenvalue weighted by molar-refractivity contribution is -0.137. The fourth-order valence-corrected chi connectivity index (χ4v) is 6.04. The van der Waals surface area contributed by atoms with Crippen LogP contribution in [0.2, 0.25) is 0 Å². The van der Waals surface area contributed by atoms with Gasteiger partial charge in [0.05, 0.1) is 28.3 Å². The smallest absolute Gasteiger partial charge is 0.416 e. The Kier molecular flexibility index (Phi) is 8.90. The Balaban J connectivity index is 0.999. The minimum absolute atomic E-state index is 0.0182. The number of likely N-dealkylation sites (tertiary alicyclic amines) is 1. The van der Waals surface area contributed by atoms with Gasteiger partial charge in [-0.05, 0) is 79.1 Å². The van der Waals surface area contributed by atoms with Crippen LogP contribution in [0.5, 0.6) is 5.75 Å². The van der Waals surface area contributed by atoms with E-state index in [0.29, 0.717) is 30.0 Å². The quantitative estimate of drug-likeness (QED) is 0.254. The maximum atomic E-state index is 13.1. The predicted molar refractivity (Wildman–Crippen MR) is 166 cm³/mol. The monoisotopic (exact) mass is 613 g/mol. The topological polar surface area (TPSA) is 81.5 Å². The number of aromatic nitrogens is 1. The van der Waals surface area contributed by atoms with Gasteiger partial charge in [0, 0.05) is 68.9 Å². The van der Waals surface area contributed by atoms with Crippen molar-refractivity contribution in [2.24, 2.45) is 0 Å². The number of pyridine rings is 1. The molecule has 0 aliphatic carbocycles. The Hall–Kier alpha value is -4.62. The van der Waals surface area contributed by atoms with Crippen LogP contribution in [0.15, 0.2) is 79.0 Å². The summed E-state index contributed by atoms with van der Waals surface area (Å²) in [5, 5.41) is 13.0. The third kappa shape index (κ3) is 7.55. The summed E-state index contributed by atoms with van der Waals surface area (Å²) in [6.45, 7) is 3.95. The van der Waals surface area contributed by atoms with E-state index < -0.39 is 11.7 Å². The highest BCUT2D eigenvalue weighted by atomic mass is 19.4. The number of nitrogens with zero attached hydrogens (tertiary/aromatic N) is 4. The molecule has 232 valence electrons. The molecule has 0 saturated carbocycles. The van der Waals surface area contributed by atoms with Crippen molar-refractivity contribution < 1.29 is 22.7 Å². The number of anilines is 1. The zero-order chi connectivity index (χ0) is 31.4. The number of nitriles is 1. The number of benzene rings is 3. The minimum Gasteiger partial charge on any atom is -0.490 e. The molecule has 2 aliphatic heterocycles. The zero-order valence-electron chi connectivity index (χ0n) is 24.8. The summed E-state index contributed by atoms with van der Waals surface area (Å²) in [4.78, 5) is 22.1.